The summed E-state index contributed by atoms with van der Waals surface area (Å²) in [5, 5.41) is 22.3. The average Bonchev–Trinajstić information content (AvgIpc) is 2.27. The van der Waals surface area contributed by atoms with Crippen molar-refractivity contribution in [2.24, 2.45) is 0 Å². The number of carboxylic acid groups (broad SMARTS) is 1. The largest absolute Gasteiger partial charge is 0.478 e. The van der Waals surface area contributed by atoms with Gasteiger partial charge in [0.1, 0.15) is 17.1 Å². The van der Waals surface area contributed by atoms with Crippen LogP contribution in [-0.2, 0) is 0 Å². The average molecular weight is 256 g/mol. The summed E-state index contributed by atoms with van der Waals surface area (Å²) in [6.45, 7) is 3.65. The van der Waals surface area contributed by atoms with E-state index in [2.05, 4.69) is 5.32 Å². The van der Waals surface area contributed by atoms with Gasteiger partial charge in [0.15, 0.2) is 0 Å². The second-order valence-electron chi connectivity index (χ2n) is 3.87. The van der Waals surface area contributed by atoms with Gasteiger partial charge in [0.05, 0.1) is 4.92 Å². The van der Waals surface area contributed by atoms with Crippen molar-refractivity contribution in [2.75, 3.05) is 5.32 Å². The van der Waals surface area contributed by atoms with Crippen molar-refractivity contribution in [1.82, 2.24) is 0 Å². The summed E-state index contributed by atoms with van der Waals surface area (Å²) >= 11 is 0. The van der Waals surface area contributed by atoms with Crippen LogP contribution in [0.2, 0.25) is 0 Å². The van der Waals surface area contributed by atoms with Crippen molar-refractivity contribution < 1.29 is 19.2 Å². The number of anilines is 1. The van der Waals surface area contributed by atoms with E-state index in [4.69, 9.17) is 5.11 Å². The quantitative estimate of drug-likeness (QED) is 0.624. The Labute approximate surface area is 103 Å². The fourth-order valence-electron chi connectivity index (χ4n) is 1.36. The predicted molar refractivity (Wildman–Crippen MR) is 63.4 cm³/mol. The Morgan fingerprint density at radius 3 is 2.67 bits per heavy atom. The van der Waals surface area contributed by atoms with E-state index in [0.717, 1.165) is 12.1 Å². The molecular weight excluding hydrogens is 243 g/mol. The number of nitro benzene ring substituents is 1. The standard InChI is InChI=1S/C11H13FN2O4/c1-3-6(2)13-9-5-8(12)7(11(15)16)4-10(9)14(17)18/h4-6,13H,3H2,1-2H3,(H,15,16). The van der Waals surface area contributed by atoms with Gasteiger partial charge in [-0.2, -0.15) is 0 Å². The first-order valence-corrected chi connectivity index (χ1v) is 5.34. The third-order valence-electron chi connectivity index (χ3n) is 2.53. The van der Waals surface area contributed by atoms with Crippen molar-refractivity contribution in [3.05, 3.63) is 33.6 Å². The molecule has 0 aliphatic heterocycles. The van der Waals surface area contributed by atoms with Crippen LogP contribution in [-0.4, -0.2) is 22.0 Å². The topological polar surface area (TPSA) is 92.5 Å². The Balaban J connectivity index is 3.29. The number of nitro groups is 1. The summed E-state index contributed by atoms with van der Waals surface area (Å²) in [6.07, 6.45) is 0.694. The Hall–Kier alpha value is -2.18. The van der Waals surface area contributed by atoms with Crippen molar-refractivity contribution in [1.29, 1.82) is 0 Å². The molecule has 18 heavy (non-hydrogen) atoms. The molecule has 1 aromatic rings. The number of halogens is 1. The number of hydrogen-bond acceptors (Lipinski definition) is 4. The van der Waals surface area contributed by atoms with E-state index in [0.29, 0.717) is 6.42 Å². The number of hydrogen-bond donors (Lipinski definition) is 2. The van der Waals surface area contributed by atoms with E-state index in [9.17, 15) is 19.3 Å². The van der Waals surface area contributed by atoms with Crippen LogP contribution in [0.5, 0.6) is 0 Å². The molecule has 1 atom stereocenters. The van der Waals surface area contributed by atoms with E-state index < -0.39 is 28.0 Å². The molecule has 0 aromatic heterocycles. The van der Waals surface area contributed by atoms with Gasteiger partial charge in [-0.15, -0.1) is 0 Å². The van der Waals surface area contributed by atoms with Crippen LogP contribution in [0.3, 0.4) is 0 Å². The summed E-state index contributed by atoms with van der Waals surface area (Å²) in [6, 6.07) is 1.48. The first-order valence-electron chi connectivity index (χ1n) is 5.34. The third kappa shape index (κ3) is 2.93. The molecule has 6 nitrogen and oxygen atoms in total. The Bertz CT molecular complexity index is 490. The minimum atomic E-state index is -1.54. The van der Waals surface area contributed by atoms with Gasteiger partial charge < -0.3 is 10.4 Å². The highest BCUT2D eigenvalue weighted by atomic mass is 19.1. The van der Waals surface area contributed by atoms with Crippen molar-refractivity contribution >= 4 is 17.3 Å². The molecule has 0 aliphatic rings. The molecule has 0 amide bonds. The number of rotatable bonds is 5. The lowest BCUT2D eigenvalue weighted by Crippen LogP contribution is -2.15. The molecule has 98 valence electrons. The van der Waals surface area contributed by atoms with Crippen LogP contribution in [0.4, 0.5) is 15.8 Å². The molecule has 1 aromatic carbocycles. The van der Waals surface area contributed by atoms with Crippen LogP contribution in [0, 0.1) is 15.9 Å². The van der Waals surface area contributed by atoms with Gasteiger partial charge in [0, 0.05) is 18.2 Å². The molecule has 1 rings (SSSR count). The van der Waals surface area contributed by atoms with Crippen molar-refractivity contribution in [2.45, 2.75) is 26.3 Å². The van der Waals surface area contributed by atoms with E-state index in [1.54, 1.807) is 6.92 Å². The first kappa shape index (κ1) is 13.9. The van der Waals surface area contributed by atoms with Gasteiger partial charge in [-0.25, -0.2) is 9.18 Å². The fourth-order valence-corrected chi connectivity index (χ4v) is 1.36. The third-order valence-corrected chi connectivity index (χ3v) is 2.53. The molecule has 2 N–H and O–H groups in total. The van der Waals surface area contributed by atoms with Crippen LogP contribution in [0.25, 0.3) is 0 Å². The normalized spacial score (nSPS) is 11.9. The zero-order valence-corrected chi connectivity index (χ0v) is 9.94. The fraction of sp³-hybridized carbons (Fsp3) is 0.364. The predicted octanol–water partition coefficient (Wildman–Crippen LogP) is 2.64. The first-order chi connectivity index (χ1) is 8.36. The lowest BCUT2D eigenvalue weighted by atomic mass is 10.1. The van der Waals surface area contributed by atoms with Crippen LogP contribution in [0.1, 0.15) is 30.6 Å². The van der Waals surface area contributed by atoms with Gasteiger partial charge in [0.25, 0.3) is 5.69 Å². The van der Waals surface area contributed by atoms with E-state index in [1.807, 2.05) is 6.92 Å². The maximum Gasteiger partial charge on any atom is 0.338 e. The smallest absolute Gasteiger partial charge is 0.338 e. The molecule has 0 saturated heterocycles. The molecule has 0 spiro atoms. The molecule has 0 saturated carbocycles. The Morgan fingerprint density at radius 2 is 2.22 bits per heavy atom. The molecule has 0 aliphatic carbocycles. The Kier molecular flexibility index (Phi) is 4.19. The summed E-state index contributed by atoms with van der Waals surface area (Å²) in [5.41, 5.74) is -1.18. The van der Waals surface area contributed by atoms with E-state index >= 15 is 0 Å². The number of benzene rings is 1. The zero-order chi connectivity index (χ0) is 13.9. The Morgan fingerprint density at radius 1 is 1.61 bits per heavy atom. The van der Waals surface area contributed by atoms with Crippen LogP contribution in [0.15, 0.2) is 12.1 Å². The van der Waals surface area contributed by atoms with E-state index in [1.165, 1.54) is 0 Å². The molecule has 0 radical (unpaired) electrons. The second-order valence-corrected chi connectivity index (χ2v) is 3.87. The molecule has 1 unspecified atom stereocenters. The van der Waals surface area contributed by atoms with Crippen LogP contribution >= 0.6 is 0 Å². The molecule has 0 heterocycles. The molecule has 7 heteroatoms. The van der Waals surface area contributed by atoms with Gasteiger partial charge in [-0.05, 0) is 13.3 Å². The second kappa shape index (κ2) is 5.44. The molecule has 0 bridgehead atoms. The van der Waals surface area contributed by atoms with Gasteiger partial charge >= 0.3 is 5.97 Å². The summed E-state index contributed by atoms with van der Waals surface area (Å²) in [7, 11) is 0. The number of carboxylic acids is 1. The summed E-state index contributed by atoms with van der Waals surface area (Å²) in [4.78, 5) is 20.8. The van der Waals surface area contributed by atoms with Crippen molar-refractivity contribution in [3.63, 3.8) is 0 Å². The summed E-state index contributed by atoms with van der Waals surface area (Å²) in [5.74, 6) is -2.54. The van der Waals surface area contributed by atoms with Crippen LogP contribution < -0.4 is 5.32 Å². The van der Waals surface area contributed by atoms with Gasteiger partial charge in [-0.1, -0.05) is 6.92 Å². The minimum Gasteiger partial charge on any atom is -0.478 e. The number of nitrogens with one attached hydrogen (secondary N) is 1. The van der Waals surface area contributed by atoms with E-state index in [-0.39, 0.29) is 11.7 Å². The van der Waals surface area contributed by atoms with Crippen molar-refractivity contribution in [3.8, 4) is 0 Å². The number of nitrogens with zero attached hydrogens (tertiary/aromatic N) is 1. The maximum atomic E-state index is 13.5. The number of aromatic carboxylic acids is 1. The highest BCUT2D eigenvalue weighted by Crippen LogP contribution is 2.28. The van der Waals surface area contributed by atoms with Gasteiger partial charge in [0.2, 0.25) is 0 Å². The number of carbonyl (C=O) groups is 1. The monoisotopic (exact) mass is 256 g/mol. The molecule has 0 fully saturated rings. The van der Waals surface area contributed by atoms with Gasteiger partial charge in [-0.3, -0.25) is 10.1 Å². The lowest BCUT2D eigenvalue weighted by molar-refractivity contribution is -0.384. The molecular formula is C11H13FN2O4. The minimum absolute atomic E-state index is 0.0168. The summed E-state index contributed by atoms with van der Waals surface area (Å²) < 4.78 is 13.5. The maximum absolute atomic E-state index is 13.5. The zero-order valence-electron chi connectivity index (χ0n) is 9.94. The highest BCUT2D eigenvalue weighted by molar-refractivity contribution is 5.90. The highest BCUT2D eigenvalue weighted by Gasteiger charge is 2.22. The SMILES string of the molecule is CCC(C)Nc1cc(F)c(C(=O)O)cc1[N+](=O)[O-]. The lowest BCUT2D eigenvalue weighted by Gasteiger charge is -2.13.